The van der Waals surface area contributed by atoms with Crippen LogP contribution in [0.3, 0.4) is 0 Å². The largest absolute Gasteiger partial charge is 0.309 e. The molecule has 1 aliphatic carbocycles. The zero-order valence-electron chi connectivity index (χ0n) is 14.6. The summed E-state index contributed by atoms with van der Waals surface area (Å²) in [5.41, 5.74) is 0.317. The lowest BCUT2D eigenvalue weighted by atomic mass is 9.77. The molecule has 2 nitrogen and oxygen atoms in total. The van der Waals surface area contributed by atoms with E-state index in [1.165, 1.54) is 38.8 Å². The van der Waals surface area contributed by atoms with Crippen LogP contribution in [0.2, 0.25) is 0 Å². The Morgan fingerprint density at radius 1 is 1.20 bits per heavy atom. The first-order valence-electron chi connectivity index (χ1n) is 8.87. The molecule has 1 saturated carbocycles. The molecule has 0 aromatic heterocycles. The van der Waals surface area contributed by atoms with Crippen LogP contribution < -0.4 is 5.32 Å². The quantitative estimate of drug-likeness (QED) is 0.843. The number of hydrogen-bond acceptors (Lipinski definition) is 2. The molecule has 1 aliphatic heterocycles. The van der Waals surface area contributed by atoms with Crippen molar-refractivity contribution in [3.05, 3.63) is 0 Å². The molecule has 1 heterocycles. The van der Waals surface area contributed by atoms with Crippen LogP contribution in [-0.2, 0) is 0 Å². The first-order valence-corrected chi connectivity index (χ1v) is 8.87. The maximum absolute atomic E-state index is 3.82. The summed E-state index contributed by atoms with van der Waals surface area (Å²) in [4.78, 5) is 2.88. The minimum atomic E-state index is 0.317. The van der Waals surface area contributed by atoms with E-state index < -0.39 is 0 Å². The molecule has 2 rings (SSSR count). The molecule has 118 valence electrons. The van der Waals surface area contributed by atoms with Gasteiger partial charge in [-0.05, 0) is 50.4 Å². The third kappa shape index (κ3) is 3.39. The van der Waals surface area contributed by atoms with Crippen molar-refractivity contribution in [3.63, 3.8) is 0 Å². The van der Waals surface area contributed by atoms with Crippen LogP contribution in [-0.4, -0.2) is 35.6 Å². The smallest absolute Gasteiger partial charge is 0.0278 e. The summed E-state index contributed by atoms with van der Waals surface area (Å²) in [6, 6.07) is 1.54. The van der Waals surface area contributed by atoms with Crippen molar-refractivity contribution in [3.8, 4) is 0 Å². The molecule has 0 radical (unpaired) electrons. The van der Waals surface area contributed by atoms with Gasteiger partial charge in [-0.3, -0.25) is 4.90 Å². The lowest BCUT2D eigenvalue weighted by molar-refractivity contribution is -0.00243. The Morgan fingerprint density at radius 3 is 2.45 bits per heavy atom. The average molecular weight is 280 g/mol. The van der Waals surface area contributed by atoms with Crippen molar-refractivity contribution >= 4 is 0 Å². The number of nitrogens with one attached hydrogen (secondary N) is 1. The van der Waals surface area contributed by atoms with Gasteiger partial charge in [-0.1, -0.05) is 34.6 Å². The monoisotopic (exact) mass is 280 g/mol. The molecule has 5 atom stereocenters. The minimum absolute atomic E-state index is 0.317. The van der Waals surface area contributed by atoms with Crippen LogP contribution in [0, 0.1) is 17.8 Å². The molecule has 2 fully saturated rings. The summed E-state index contributed by atoms with van der Waals surface area (Å²) in [6.45, 7) is 16.8. The van der Waals surface area contributed by atoms with E-state index in [1.54, 1.807) is 0 Å². The second-order valence-corrected chi connectivity index (χ2v) is 8.20. The van der Waals surface area contributed by atoms with E-state index in [0.717, 1.165) is 29.8 Å². The standard InChI is InChI=1S/C18H36N2/c1-7-18(6)12-20(17(11-19-18)13(2)3)16-9-8-14(4)15(5)10-16/h13-17,19H,7-12H2,1-6H3. The zero-order valence-corrected chi connectivity index (χ0v) is 14.6. The number of hydrogen-bond donors (Lipinski definition) is 1. The summed E-state index contributed by atoms with van der Waals surface area (Å²) in [7, 11) is 0. The third-order valence-corrected chi connectivity index (χ3v) is 6.28. The maximum atomic E-state index is 3.82. The Balaban J connectivity index is 2.11. The van der Waals surface area contributed by atoms with Gasteiger partial charge in [0.2, 0.25) is 0 Å². The molecule has 0 aromatic carbocycles. The van der Waals surface area contributed by atoms with Crippen molar-refractivity contribution in [2.45, 2.75) is 84.8 Å². The fourth-order valence-electron chi connectivity index (χ4n) is 4.12. The van der Waals surface area contributed by atoms with Crippen molar-refractivity contribution in [2.24, 2.45) is 17.8 Å². The fourth-order valence-corrected chi connectivity index (χ4v) is 4.12. The summed E-state index contributed by atoms with van der Waals surface area (Å²) < 4.78 is 0. The Kier molecular flexibility index (Phi) is 5.18. The highest BCUT2D eigenvalue weighted by atomic mass is 15.3. The van der Waals surface area contributed by atoms with Crippen LogP contribution in [0.15, 0.2) is 0 Å². The normalized spacial score (nSPS) is 44.0. The predicted molar refractivity (Wildman–Crippen MR) is 88.0 cm³/mol. The van der Waals surface area contributed by atoms with Crippen molar-refractivity contribution in [1.82, 2.24) is 10.2 Å². The molecule has 1 N–H and O–H groups in total. The average Bonchev–Trinajstić information content (AvgIpc) is 2.41. The predicted octanol–water partition coefficient (Wildman–Crippen LogP) is 3.91. The first kappa shape index (κ1) is 16.3. The molecule has 1 saturated heterocycles. The maximum Gasteiger partial charge on any atom is 0.0278 e. The van der Waals surface area contributed by atoms with Gasteiger partial charge in [-0.2, -0.15) is 0 Å². The van der Waals surface area contributed by atoms with Crippen LogP contribution in [0.5, 0.6) is 0 Å². The Morgan fingerprint density at radius 2 is 1.90 bits per heavy atom. The van der Waals surface area contributed by atoms with Gasteiger partial charge < -0.3 is 5.32 Å². The molecular weight excluding hydrogens is 244 g/mol. The van der Waals surface area contributed by atoms with E-state index in [4.69, 9.17) is 0 Å². The lowest BCUT2D eigenvalue weighted by Crippen LogP contribution is -2.66. The van der Waals surface area contributed by atoms with E-state index in [0.29, 0.717) is 5.54 Å². The number of nitrogens with zero attached hydrogens (tertiary/aromatic N) is 1. The van der Waals surface area contributed by atoms with Gasteiger partial charge in [0.05, 0.1) is 0 Å². The molecular formula is C18H36N2. The van der Waals surface area contributed by atoms with E-state index in [2.05, 4.69) is 51.8 Å². The highest BCUT2D eigenvalue weighted by molar-refractivity contribution is 4.98. The van der Waals surface area contributed by atoms with Crippen LogP contribution in [0.1, 0.15) is 67.2 Å². The van der Waals surface area contributed by atoms with E-state index in [-0.39, 0.29) is 0 Å². The second kappa shape index (κ2) is 6.36. The van der Waals surface area contributed by atoms with E-state index >= 15 is 0 Å². The summed E-state index contributed by atoms with van der Waals surface area (Å²) in [5, 5.41) is 3.82. The molecule has 0 bridgehead atoms. The number of piperazine rings is 1. The van der Waals surface area contributed by atoms with Crippen LogP contribution >= 0.6 is 0 Å². The molecule has 2 heteroatoms. The highest BCUT2D eigenvalue weighted by Crippen LogP contribution is 2.35. The molecule has 0 amide bonds. The van der Waals surface area contributed by atoms with Gasteiger partial charge in [-0.25, -0.2) is 0 Å². The van der Waals surface area contributed by atoms with Crippen LogP contribution in [0.4, 0.5) is 0 Å². The van der Waals surface area contributed by atoms with Gasteiger partial charge in [0.1, 0.15) is 0 Å². The van der Waals surface area contributed by atoms with Gasteiger partial charge >= 0.3 is 0 Å². The van der Waals surface area contributed by atoms with Crippen molar-refractivity contribution in [1.29, 1.82) is 0 Å². The first-order chi connectivity index (χ1) is 9.36. The van der Waals surface area contributed by atoms with Crippen LogP contribution in [0.25, 0.3) is 0 Å². The lowest BCUT2D eigenvalue weighted by Gasteiger charge is -2.52. The second-order valence-electron chi connectivity index (χ2n) is 8.20. The Bertz CT molecular complexity index is 315. The van der Waals surface area contributed by atoms with Gasteiger partial charge in [0, 0.05) is 30.7 Å². The Hall–Kier alpha value is -0.0800. The highest BCUT2D eigenvalue weighted by Gasteiger charge is 2.40. The van der Waals surface area contributed by atoms with Gasteiger partial charge in [-0.15, -0.1) is 0 Å². The molecule has 20 heavy (non-hydrogen) atoms. The minimum Gasteiger partial charge on any atom is -0.309 e. The van der Waals surface area contributed by atoms with Gasteiger partial charge in [0.15, 0.2) is 0 Å². The Labute approximate surface area is 126 Å². The van der Waals surface area contributed by atoms with E-state index in [9.17, 15) is 0 Å². The fraction of sp³-hybridized carbons (Fsp3) is 1.00. The molecule has 0 spiro atoms. The summed E-state index contributed by atoms with van der Waals surface area (Å²) >= 11 is 0. The molecule has 5 unspecified atom stereocenters. The summed E-state index contributed by atoms with van der Waals surface area (Å²) in [5.74, 6) is 2.56. The topological polar surface area (TPSA) is 15.3 Å². The number of rotatable bonds is 3. The SMILES string of the molecule is CCC1(C)CN(C2CCC(C)C(C)C2)C(C(C)C)CN1. The molecule has 2 aliphatic rings. The van der Waals surface area contributed by atoms with Gasteiger partial charge in [0.25, 0.3) is 0 Å². The summed E-state index contributed by atoms with van der Waals surface area (Å²) in [6.07, 6.45) is 5.47. The van der Waals surface area contributed by atoms with E-state index in [1.807, 2.05) is 0 Å². The van der Waals surface area contributed by atoms with Crippen molar-refractivity contribution in [2.75, 3.05) is 13.1 Å². The van der Waals surface area contributed by atoms with Crippen molar-refractivity contribution < 1.29 is 0 Å². The molecule has 0 aromatic rings. The zero-order chi connectivity index (χ0) is 14.9. The third-order valence-electron chi connectivity index (χ3n) is 6.28.